The van der Waals surface area contributed by atoms with Crippen molar-refractivity contribution in [2.45, 2.75) is 37.9 Å². The summed E-state index contributed by atoms with van der Waals surface area (Å²) in [5, 5.41) is 2.77. The first-order chi connectivity index (χ1) is 8.23. The molecule has 0 bridgehead atoms. The smallest absolute Gasteiger partial charge is 0.279 e. The molecule has 18 heavy (non-hydrogen) atoms. The summed E-state index contributed by atoms with van der Waals surface area (Å²) in [6, 6.07) is -0.908. The third kappa shape index (κ3) is 2.42. The predicted octanol–water partition coefficient (Wildman–Crippen LogP) is 3.87. The van der Waals surface area contributed by atoms with E-state index in [1.807, 2.05) is 0 Å². The van der Waals surface area contributed by atoms with Crippen molar-refractivity contribution in [1.29, 1.82) is 0 Å². The van der Waals surface area contributed by atoms with E-state index in [1.54, 1.807) is 0 Å². The standard InChI is InChI=1S/C10H9BrClF3N2O/c1-4(9(12)18)17-7(5-2-3-5)6(11)8(16-17)10(13,14)15/h4-5H,2-3H2,1H3/t4-/m1/s1. The number of nitrogens with zero attached hydrogens (tertiary/aromatic N) is 2. The number of alkyl halides is 3. The molecular formula is C10H9BrClF3N2O. The van der Waals surface area contributed by atoms with Crippen LogP contribution < -0.4 is 0 Å². The van der Waals surface area contributed by atoms with Crippen molar-refractivity contribution >= 4 is 32.8 Å². The van der Waals surface area contributed by atoms with Crippen molar-refractivity contribution < 1.29 is 18.0 Å². The average molecular weight is 346 g/mol. The minimum Gasteiger partial charge on any atom is -0.279 e. The number of halogens is 5. The molecule has 1 aromatic rings. The SMILES string of the molecule is C[C@H](C(=O)Cl)n1nc(C(F)(F)F)c(Br)c1C1CC1. The van der Waals surface area contributed by atoms with Crippen LogP contribution >= 0.6 is 27.5 Å². The van der Waals surface area contributed by atoms with Gasteiger partial charge in [0.25, 0.3) is 0 Å². The number of hydrogen-bond acceptors (Lipinski definition) is 2. The van der Waals surface area contributed by atoms with Crippen molar-refractivity contribution in [3.8, 4) is 0 Å². The van der Waals surface area contributed by atoms with Gasteiger partial charge in [0, 0.05) is 5.92 Å². The number of hydrogen-bond donors (Lipinski definition) is 0. The van der Waals surface area contributed by atoms with E-state index in [1.165, 1.54) is 6.92 Å². The molecule has 2 rings (SSSR count). The van der Waals surface area contributed by atoms with Gasteiger partial charge < -0.3 is 0 Å². The third-order valence-corrected chi connectivity index (χ3v) is 3.91. The van der Waals surface area contributed by atoms with Crippen molar-refractivity contribution in [1.82, 2.24) is 9.78 Å². The van der Waals surface area contributed by atoms with Gasteiger partial charge in [0.05, 0.1) is 10.2 Å². The Labute approximate surface area is 114 Å². The Morgan fingerprint density at radius 2 is 2.11 bits per heavy atom. The summed E-state index contributed by atoms with van der Waals surface area (Å²) in [4.78, 5) is 11.1. The van der Waals surface area contributed by atoms with Gasteiger partial charge in [-0.1, -0.05) is 0 Å². The Kier molecular flexibility index (Phi) is 3.48. The summed E-state index contributed by atoms with van der Waals surface area (Å²) in [6.07, 6.45) is -2.96. The lowest BCUT2D eigenvalue weighted by atomic mass is 10.2. The number of aromatic nitrogens is 2. The second-order valence-electron chi connectivity index (χ2n) is 4.24. The maximum atomic E-state index is 12.8. The first kappa shape index (κ1) is 13.9. The topological polar surface area (TPSA) is 34.9 Å². The molecular weight excluding hydrogens is 336 g/mol. The molecule has 1 atom stereocenters. The Morgan fingerprint density at radius 3 is 2.50 bits per heavy atom. The summed E-state index contributed by atoms with van der Waals surface area (Å²) in [7, 11) is 0. The lowest BCUT2D eigenvalue weighted by Gasteiger charge is -2.11. The van der Waals surface area contributed by atoms with E-state index in [4.69, 9.17) is 11.6 Å². The number of carbonyl (C=O) groups is 1. The molecule has 100 valence electrons. The molecule has 0 N–H and O–H groups in total. The van der Waals surface area contributed by atoms with Crippen molar-refractivity contribution in [2.75, 3.05) is 0 Å². The Morgan fingerprint density at radius 1 is 1.56 bits per heavy atom. The first-order valence-electron chi connectivity index (χ1n) is 5.28. The summed E-state index contributed by atoms with van der Waals surface area (Å²) >= 11 is 8.28. The molecule has 0 spiro atoms. The minimum absolute atomic E-state index is 0.0152. The fourth-order valence-electron chi connectivity index (χ4n) is 1.72. The maximum Gasteiger partial charge on any atom is 0.436 e. The monoisotopic (exact) mass is 344 g/mol. The summed E-state index contributed by atoms with van der Waals surface area (Å²) in [5.41, 5.74) is -0.599. The molecule has 1 fully saturated rings. The zero-order chi connectivity index (χ0) is 13.7. The zero-order valence-corrected chi connectivity index (χ0v) is 11.6. The predicted molar refractivity (Wildman–Crippen MR) is 62.5 cm³/mol. The molecule has 1 aliphatic carbocycles. The number of rotatable bonds is 3. The van der Waals surface area contributed by atoms with Crippen LogP contribution in [0.2, 0.25) is 0 Å². The molecule has 0 radical (unpaired) electrons. The Hall–Kier alpha value is -0.560. The van der Waals surface area contributed by atoms with E-state index >= 15 is 0 Å². The van der Waals surface area contributed by atoms with Gasteiger partial charge in [0.2, 0.25) is 5.24 Å². The van der Waals surface area contributed by atoms with Gasteiger partial charge in [-0.2, -0.15) is 18.3 Å². The second kappa shape index (κ2) is 4.52. The van der Waals surface area contributed by atoms with Crippen molar-refractivity contribution in [3.05, 3.63) is 15.9 Å². The first-order valence-corrected chi connectivity index (χ1v) is 6.45. The van der Waals surface area contributed by atoms with Crippen LogP contribution in [0.1, 0.15) is 43.1 Å². The summed E-state index contributed by atoms with van der Waals surface area (Å²) in [6.45, 7) is 1.43. The van der Waals surface area contributed by atoms with Gasteiger partial charge in [-0.05, 0) is 47.3 Å². The van der Waals surface area contributed by atoms with Crippen LogP contribution in [0.25, 0.3) is 0 Å². The van der Waals surface area contributed by atoms with Crippen LogP contribution in [0.3, 0.4) is 0 Å². The molecule has 0 aromatic carbocycles. The fourth-order valence-corrected chi connectivity index (χ4v) is 2.62. The molecule has 0 unspecified atom stereocenters. The number of carbonyl (C=O) groups excluding carboxylic acids is 1. The van der Waals surface area contributed by atoms with Gasteiger partial charge >= 0.3 is 6.18 Å². The van der Waals surface area contributed by atoms with Crippen LogP contribution in [0.4, 0.5) is 13.2 Å². The summed E-state index contributed by atoms with van der Waals surface area (Å²) < 4.78 is 39.3. The highest BCUT2D eigenvalue weighted by atomic mass is 79.9. The quantitative estimate of drug-likeness (QED) is 0.780. The molecule has 0 saturated heterocycles. The van der Waals surface area contributed by atoms with Crippen LogP contribution in [0.5, 0.6) is 0 Å². The molecule has 0 aliphatic heterocycles. The van der Waals surface area contributed by atoms with Gasteiger partial charge in [0.1, 0.15) is 6.04 Å². The third-order valence-electron chi connectivity index (χ3n) is 2.82. The second-order valence-corrected chi connectivity index (χ2v) is 5.41. The molecule has 1 saturated carbocycles. The minimum atomic E-state index is -4.55. The average Bonchev–Trinajstić information content (AvgIpc) is 2.99. The molecule has 3 nitrogen and oxygen atoms in total. The molecule has 1 aromatic heterocycles. The maximum absolute atomic E-state index is 12.8. The van der Waals surface area contributed by atoms with Gasteiger partial charge in [-0.15, -0.1) is 0 Å². The highest BCUT2D eigenvalue weighted by Gasteiger charge is 2.42. The zero-order valence-electron chi connectivity index (χ0n) is 9.26. The lowest BCUT2D eigenvalue weighted by molar-refractivity contribution is -0.142. The molecule has 1 aliphatic rings. The fraction of sp³-hybridized carbons (Fsp3) is 0.600. The highest BCUT2D eigenvalue weighted by Crippen LogP contribution is 2.47. The van der Waals surface area contributed by atoms with E-state index in [2.05, 4.69) is 21.0 Å². The van der Waals surface area contributed by atoms with Crippen LogP contribution in [-0.4, -0.2) is 15.0 Å². The highest BCUT2D eigenvalue weighted by molar-refractivity contribution is 9.10. The van der Waals surface area contributed by atoms with E-state index in [0.717, 1.165) is 17.5 Å². The van der Waals surface area contributed by atoms with Gasteiger partial charge in [0.15, 0.2) is 5.69 Å². The Balaban J connectivity index is 2.55. The normalized spacial score (nSPS) is 17.9. The molecule has 1 heterocycles. The van der Waals surface area contributed by atoms with Crippen molar-refractivity contribution in [3.63, 3.8) is 0 Å². The van der Waals surface area contributed by atoms with E-state index in [9.17, 15) is 18.0 Å². The van der Waals surface area contributed by atoms with Crippen LogP contribution in [-0.2, 0) is 11.0 Å². The molecule has 8 heteroatoms. The van der Waals surface area contributed by atoms with E-state index < -0.39 is 23.2 Å². The molecule has 0 amide bonds. The largest absolute Gasteiger partial charge is 0.436 e. The van der Waals surface area contributed by atoms with E-state index in [-0.39, 0.29) is 10.4 Å². The van der Waals surface area contributed by atoms with E-state index in [0.29, 0.717) is 5.69 Å². The lowest BCUT2D eigenvalue weighted by Crippen LogP contribution is -2.16. The van der Waals surface area contributed by atoms with Crippen LogP contribution in [0.15, 0.2) is 4.47 Å². The van der Waals surface area contributed by atoms with Gasteiger partial charge in [-0.3, -0.25) is 9.48 Å². The van der Waals surface area contributed by atoms with Crippen LogP contribution in [0, 0.1) is 0 Å². The summed E-state index contributed by atoms with van der Waals surface area (Å²) in [5.74, 6) is 0.0152. The Bertz CT molecular complexity index is 496. The van der Waals surface area contributed by atoms with Gasteiger partial charge in [-0.25, -0.2) is 0 Å². The van der Waals surface area contributed by atoms with Crippen molar-refractivity contribution in [2.24, 2.45) is 0 Å².